The van der Waals surface area contributed by atoms with Gasteiger partial charge in [-0.05, 0) is 62.9 Å². The number of nitrogens with one attached hydrogen (secondary N) is 2. The number of amides is 3. The van der Waals surface area contributed by atoms with Crippen LogP contribution in [-0.2, 0) is 25.5 Å². The van der Waals surface area contributed by atoms with Crippen LogP contribution in [-0.4, -0.2) is 78.3 Å². The zero-order valence-electron chi connectivity index (χ0n) is 22.8. The average Bonchev–Trinajstić information content (AvgIpc) is 3.60. The van der Waals surface area contributed by atoms with Crippen molar-refractivity contribution in [2.45, 2.75) is 56.9 Å². The Morgan fingerprint density at radius 2 is 1.79 bits per heavy atom. The molecule has 5 rings (SSSR count). The van der Waals surface area contributed by atoms with E-state index in [2.05, 4.69) is 29.4 Å². The Labute approximate surface area is 229 Å². The zero-order chi connectivity index (χ0) is 27.7. The molecule has 1 spiro atoms. The molecule has 0 aromatic heterocycles. The molecule has 3 N–H and O–H groups in total. The molecule has 39 heavy (non-hydrogen) atoms. The quantitative estimate of drug-likeness (QED) is 0.431. The fourth-order valence-corrected chi connectivity index (χ4v) is 6.94. The first-order valence-corrected chi connectivity index (χ1v) is 13.9. The summed E-state index contributed by atoms with van der Waals surface area (Å²) in [5, 5.41) is 16.2. The number of aliphatic hydroxyl groups is 1. The van der Waals surface area contributed by atoms with Crippen molar-refractivity contribution in [3.63, 3.8) is 0 Å². The SMILES string of the molecule is CCN(CC)c1ccc(NC(=O)C2N([C@@H](CO)Cc3ccccc3)C(=O)[C@@H]3[C@@H](C(=O)NC)[C@H]4CCC23O4)cc1. The smallest absolute Gasteiger partial charge is 0.250 e. The predicted molar refractivity (Wildman–Crippen MR) is 148 cm³/mol. The van der Waals surface area contributed by atoms with Gasteiger partial charge >= 0.3 is 0 Å². The van der Waals surface area contributed by atoms with E-state index < -0.39 is 35.6 Å². The van der Waals surface area contributed by atoms with Crippen LogP contribution in [0.25, 0.3) is 0 Å². The van der Waals surface area contributed by atoms with Gasteiger partial charge in [-0.2, -0.15) is 0 Å². The molecule has 9 heteroatoms. The normalized spacial score (nSPS) is 27.8. The van der Waals surface area contributed by atoms with Gasteiger partial charge in [0.1, 0.15) is 11.6 Å². The summed E-state index contributed by atoms with van der Waals surface area (Å²) < 4.78 is 6.44. The van der Waals surface area contributed by atoms with Gasteiger partial charge in [-0.1, -0.05) is 30.3 Å². The molecule has 3 aliphatic heterocycles. The molecule has 6 atom stereocenters. The summed E-state index contributed by atoms with van der Waals surface area (Å²) in [5.74, 6) is -2.37. The van der Waals surface area contributed by atoms with Gasteiger partial charge < -0.3 is 30.3 Å². The number of hydrogen-bond acceptors (Lipinski definition) is 6. The van der Waals surface area contributed by atoms with Gasteiger partial charge in [-0.15, -0.1) is 0 Å². The lowest BCUT2D eigenvalue weighted by Gasteiger charge is -2.36. The summed E-state index contributed by atoms with van der Waals surface area (Å²) in [7, 11) is 1.55. The lowest BCUT2D eigenvalue weighted by atomic mass is 9.70. The van der Waals surface area contributed by atoms with Crippen LogP contribution in [0.5, 0.6) is 0 Å². The van der Waals surface area contributed by atoms with Crippen LogP contribution in [0.3, 0.4) is 0 Å². The van der Waals surface area contributed by atoms with Crippen LogP contribution in [0.1, 0.15) is 32.3 Å². The second-order valence-electron chi connectivity index (χ2n) is 10.7. The van der Waals surface area contributed by atoms with Crippen molar-refractivity contribution >= 4 is 29.1 Å². The van der Waals surface area contributed by atoms with Gasteiger partial charge in [0.25, 0.3) is 0 Å². The van der Waals surface area contributed by atoms with Crippen molar-refractivity contribution in [1.82, 2.24) is 10.2 Å². The van der Waals surface area contributed by atoms with E-state index in [0.29, 0.717) is 24.9 Å². The van der Waals surface area contributed by atoms with Crippen molar-refractivity contribution in [1.29, 1.82) is 0 Å². The minimum Gasteiger partial charge on any atom is -0.394 e. The zero-order valence-corrected chi connectivity index (χ0v) is 22.8. The number of aliphatic hydroxyl groups excluding tert-OH is 1. The van der Waals surface area contributed by atoms with E-state index in [9.17, 15) is 19.5 Å². The van der Waals surface area contributed by atoms with Gasteiger partial charge in [0.15, 0.2) is 0 Å². The van der Waals surface area contributed by atoms with Gasteiger partial charge in [-0.3, -0.25) is 14.4 Å². The summed E-state index contributed by atoms with van der Waals surface area (Å²) >= 11 is 0. The Kier molecular flexibility index (Phi) is 7.64. The number of nitrogens with zero attached hydrogens (tertiary/aromatic N) is 2. The van der Waals surface area contributed by atoms with E-state index in [0.717, 1.165) is 24.3 Å². The first-order valence-electron chi connectivity index (χ1n) is 13.9. The Bertz CT molecular complexity index is 1200. The van der Waals surface area contributed by atoms with E-state index in [1.807, 2.05) is 54.6 Å². The van der Waals surface area contributed by atoms with Crippen LogP contribution in [0.2, 0.25) is 0 Å². The van der Waals surface area contributed by atoms with Crippen molar-refractivity contribution in [3.8, 4) is 0 Å². The lowest BCUT2D eigenvalue weighted by molar-refractivity contribution is -0.143. The van der Waals surface area contributed by atoms with Crippen molar-refractivity contribution in [3.05, 3.63) is 60.2 Å². The third-order valence-electron chi connectivity index (χ3n) is 8.72. The molecule has 0 aliphatic carbocycles. The van der Waals surface area contributed by atoms with Gasteiger partial charge in [0.05, 0.1) is 30.6 Å². The molecular weight excluding hydrogens is 496 g/mol. The second-order valence-corrected chi connectivity index (χ2v) is 10.7. The number of carbonyl (C=O) groups is 3. The number of likely N-dealkylation sites (tertiary alicyclic amines) is 1. The Balaban J connectivity index is 1.49. The fourth-order valence-electron chi connectivity index (χ4n) is 6.94. The monoisotopic (exact) mass is 534 g/mol. The molecule has 2 unspecified atom stereocenters. The third-order valence-corrected chi connectivity index (χ3v) is 8.72. The highest BCUT2D eigenvalue weighted by Crippen LogP contribution is 2.58. The van der Waals surface area contributed by atoms with E-state index in [1.165, 1.54) is 4.90 Å². The van der Waals surface area contributed by atoms with E-state index in [-0.39, 0.29) is 24.3 Å². The minimum atomic E-state index is -1.12. The van der Waals surface area contributed by atoms with E-state index in [1.54, 1.807) is 7.05 Å². The van der Waals surface area contributed by atoms with Gasteiger partial charge in [0, 0.05) is 31.5 Å². The minimum absolute atomic E-state index is 0.253. The summed E-state index contributed by atoms with van der Waals surface area (Å²) in [6.45, 7) is 5.62. The summed E-state index contributed by atoms with van der Waals surface area (Å²) in [6.07, 6.45) is 1.06. The van der Waals surface area contributed by atoms with Crippen LogP contribution in [0, 0.1) is 11.8 Å². The highest BCUT2D eigenvalue weighted by atomic mass is 16.5. The molecule has 2 aromatic rings. The Morgan fingerprint density at radius 1 is 1.10 bits per heavy atom. The van der Waals surface area contributed by atoms with Crippen molar-refractivity contribution in [2.24, 2.45) is 11.8 Å². The number of hydrogen-bond donors (Lipinski definition) is 3. The maximum Gasteiger partial charge on any atom is 0.250 e. The van der Waals surface area contributed by atoms with E-state index in [4.69, 9.17) is 4.74 Å². The Morgan fingerprint density at radius 3 is 2.41 bits per heavy atom. The largest absolute Gasteiger partial charge is 0.394 e. The number of fused-ring (bicyclic) bond motifs is 1. The highest BCUT2D eigenvalue weighted by Gasteiger charge is 2.75. The third kappa shape index (κ3) is 4.57. The molecule has 3 saturated heterocycles. The Hall–Kier alpha value is -3.43. The number of anilines is 2. The number of ether oxygens (including phenoxy) is 1. The average molecular weight is 535 g/mol. The van der Waals surface area contributed by atoms with Crippen LogP contribution >= 0.6 is 0 Å². The predicted octanol–water partition coefficient (Wildman–Crippen LogP) is 2.20. The van der Waals surface area contributed by atoms with Gasteiger partial charge in [0.2, 0.25) is 17.7 Å². The molecule has 9 nitrogen and oxygen atoms in total. The summed E-state index contributed by atoms with van der Waals surface area (Å²) in [4.78, 5) is 44.8. The molecule has 3 fully saturated rings. The molecule has 0 radical (unpaired) electrons. The number of rotatable bonds is 10. The standard InChI is InChI=1S/C30H38N4O5/c1-4-33(5-2)21-13-11-20(12-14-21)32-28(37)26-30-16-15-23(39-30)24(27(36)31-3)25(30)29(38)34(26)22(18-35)17-19-9-7-6-8-10-19/h6-14,22-26,35H,4-5,15-18H2,1-3H3,(H,31,36)(H,32,37)/t22-,23-,24+,25+,26?,30?/m1/s1. The molecule has 0 saturated carbocycles. The topological polar surface area (TPSA) is 111 Å². The molecule has 208 valence electrons. The highest BCUT2D eigenvalue weighted by molar-refractivity contribution is 6.03. The van der Waals surface area contributed by atoms with E-state index >= 15 is 0 Å². The first-order chi connectivity index (χ1) is 18.9. The first kappa shape index (κ1) is 27.1. The number of carbonyl (C=O) groups excluding carboxylic acids is 3. The molecule has 2 bridgehead atoms. The van der Waals surface area contributed by atoms with Gasteiger partial charge in [-0.25, -0.2) is 0 Å². The van der Waals surface area contributed by atoms with Crippen LogP contribution < -0.4 is 15.5 Å². The number of benzene rings is 2. The molecule has 3 amide bonds. The maximum absolute atomic E-state index is 14.1. The summed E-state index contributed by atoms with van der Waals surface area (Å²) in [6, 6.07) is 15.6. The molecular formula is C30H38N4O5. The lowest BCUT2D eigenvalue weighted by Crippen LogP contribution is -2.56. The molecule has 3 aliphatic rings. The van der Waals surface area contributed by atoms with Crippen molar-refractivity contribution < 1.29 is 24.2 Å². The second kappa shape index (κ2) is 11.0. The maximum atomic E-state index is 14.1. The molecule has 2 aromatic carbocycles. The van der Waals surface area contributed by atoms with Crippen molar-refractivity contribution in [2.75, 3.05) is 37.0 Å². The molecule has 3 heterocycles. The fraction of sp³-hybridized carbons (Fsp3) is 0.500. The summed E-state index contributed by atoms with van der Waals surface area (Å²) in [5.41, 5.74) is 1.50. The van der Waals surface area contributed by atoms with Crippen LogP contribution in [0.4, 0.5) is 11.4 Å². The van der Waals surface area contributed by atoms with Crippen LogP contribution in [0.15, 0.2) is 54.6 Å².